The first-order chi connectivity index (χ1) is 9.89. The van der Waals surface area contributed by atoms with E-state index >= 15 is 0 Å². The van der Waals surface area contributed by atoms with Gasteiger partial charge < -0.3 is 19.8 Å². The zero-order valence-corrected chi connectivity index (χ0v) is 14.9. The molecule has 1 aliphatic rings. The van der Waals surface area contributed by atoms with Gasteiger partial charge in [-0.3, -0.25) is 9.09 Å². The van der Waals surface area contributed by atoms with Crippen LogP contribution in [0.2, 0.25) is 0 Å². The molecule has 0 radical (unpaired) electrons. The summed E-state index contributed by atoms with van der Waals surface area (Å²) in [6.07, 6.45) is -2.83. The van der Waals surface area contributed by atoms with Crippen LogP contribution in [0.3, 0.4) is 0 Å². The summed E-state index contributed by atoms with van der Waals surface area (Å²) in [5, 5.41) is 17.1. The molecule has 3 N–H and O–H groups in total. The Morgan fingerprint density at radius 1 is 1.45 bits per heavy atom. The average Bonchev–Trinajstić information content (AvgIpc) is 2.65. The third kappa shape index (κ3) is 4.23. The number of aliphatic hydroxyl groups excluding tert-OH is 1. The molecule has 0 saturated carbocycles. The summed E-state index contributed by atoms with van der Waals surface area (Å²) in [5.41, 5.74) is 0. The van der Waals surface area contributed by atoms with Crippen molar-refractivity contribution in [3.63, 3.8) is 0 Å². The van der Waals surface area contributed by atoms with Gasteiger partial charge in [0.2, 0.25) is 5.85 Å². The zero-order chi connectivity index (χ0) is 17.3. The van der Waals surface area contributed by atoms with Crippen molar-refractivity contribution in [2.24, 2.45) is 0 Å². The standard InChI is InChI=1S/C12H24BClFO6P/c1-4-11(3,17)22(18,19)21-12(15,5-2)6-7-9(16)8(14)10(13)20-7/h7-10,16-17H,4-6,13H2,1-3H3,(H,18,19)/t7-,8-,9-,10-,11-,12?/m1/s1. The monoisotopic (exact) mass is 360 g/mol. The Bertz CT molecular complexity index is 442. The molecule has 0 aliphatic carbocycles. The Morgan fingerprint density at radius 3 is 2.36 bits per heavy atom. The van der Waals surface area contributed by atoms with Gasteiger partial charge in [-0.2, -0.15) is 0 Å². The second-order valence-corrected chi connectivity index (χ2v) is 8.63. The summed E-state index contributed by atoms with van der Waals surface area (Å²) in [7, 11) is -2.98. The fraction of sp³-hybridized carbons (Fsp3) is 1.00. The maximum Gasteiger partial charge on any atom is 0.361 e. The van der Waals surface area contributed by atoms with Crippen LogP contribution in [0.4, 0.5) is 4.39 Å². The Kier molecular flexibility index (Phi) is 6.53. The van der Waals surface area contributed by atoms with Crippen molar-refractivity contribution in [2.75, 3.05) is 0 Å². The summed E-state index contributed by atoms with van der Waals surface area (Å²) < 4.78 is 37.1. The summed E-state index contributed by atoms with van der Waals surface area (Å²) in [6.45, 7) is 4.03. The van der Waals surface area contributed by atoms with Crippen molar-refractivity contribution in [1.82, 2.24) is 0 Å². The molecule has 0 spiro atoms. The van der Waals surface area contributed by atoms with Crippen LogP contribution in [0, 0.1) is 0 Å². The lowest BCUT2D eigenvalue weighted by molar-refractivity contribution is -0.124. The summed E-state index contributed by atoms with van der Waals surface area (Å²) in [5.74, 6) is -2.52. The van der Waals surface area contributed by atoms with Gasteiger partial charge in [-0.25, -0.2) is 4.39 Å². The molecule has 2 unspecified atom stereocenters. The highest BCUT2D eigenvalue weighted by molar-refractivity contribution is 7.54. The van der Waals surface area contributed by atoms with Crippen LogP contribution in [0.15, 0.2) is 0 Å². The molecule has 1 rings (SSSR count). The van der Waals surface area contributed by atoms with E-state index in [2.05, 4.69) is 0 Å². The first kappa shape index (κ1) is 20.4. The van der Waals surface area contributed by atoms with E-state index in [9.17, 15) is 24.1 Å². The van der Waals surface area contributed by atoms with Crippen molar-refractivity contribution in [3.8, 4) is 0 Å². The van der Waals surface area contributed by atoms with Crippen LogP contribution >= 0.6 is 19.2 Å². The van der Waals surface area contributed by atoms with Gasteiger partial charge >= 0.3 is 7.60 Å². The number of hydrogen-bond donors (Lipinski definition) is 3. The molecule has 22 heavy (non-hydrogen) atoms. The van der Waals surface area contributed by atoms with Gasteiger partial charge in [0, 0.05) is 18.8 Å². The maximum absolute atomic E-state index is 14.9. The number of aliphatic hydroxyl groups is 2. The van der Waals surface area contributed by atoms with E-state index in [1.165, 1.54) is 13.8 Å². The van der Waals surface area contributed by atoms with Crippen molar-refractivity contribution >= 4 is 27.0 Å². The molecule has 0 aromatic heterocycles. The molecule has 1 saturated heterocycles. The van der Waals surface area contributed by atoms with Crippen LogP contribution in [0.1, 0.15) is 40.0 Å². The fourth-order valence-electron chi connectivity index (χ4n) is 2.15. The lowest BCUT2D eigenvalue weighted by atomic mass is 9.94. The average molecular weight is 361 g/mol. The summed E-state index contributed by atoms with van der Waals surface area (Å²) in [6, 6.07) is -0.470. The van der Waals surface area contributed by atoms with E-state index in [0.717, 1.165) is 6.92 Å². The van der Waals surface area contributed by atoms with Crippen molar-refractivity contribution in [2.45, 2.75) is 74.8 Å². The first-order valence-corrected chi connectivity index (χ1v) is 9.33. The highest BCUT2D eigenvalue weighted by Gasteiger charge is 2.51. The zero-order valence-electron chi connectivity index (χ0n) is 13.2. The van der Waals surface area contributed by atoms with E-state index in [1.807, 2.05) is 0 Å². The van der Waals surface area contributed by atoms with Crippen LogP contribution in [0.5, 0.6) is 0 Å². The number of ether oxygens (including phenoxy) is 1. The van der Waals surface area contributed by atoms with Crippen LogP contribution in [-0.4, -0.2) is 57.7 Å². The molecule has 6 nitrogen and oxygen atoms in total. The van der Waals surface area contributed by atoms with Gasteiger partial charge in [0.15, 0.2) is 5.34 Å². The maximum atomic E-state index is 14.9. The quantitative estimate of drug-likeness (QED) is 0.357. The smallest absolute Gasteiger partial charge is 0.361 e. The minimum absolute atomic E-state index is 0.0795. The van der Waals surface area contributed by atoms with Crippen LogP contribution in [-0.2, 0) is 13.8 Å². The number of hydrogen-bond acceptors (Lipinski definition) is 5. The van der Waals surface area contributed by atoms with E-state index in [0.29, 0.717) is 0 Å². The van der Waals surface area contributed by atoms with E-state index < -0.39 is 48.8 Å². The lowest BCUT2D eigenvalue weighted by Gasteiger charge is -2.34. The third-order valence-electron chi connectivity index (χ3n) is 4.14. The molecule has 0 aromatic carbocycles. The minimum Gasteiger partial charge on any atom is -0.389 e. The molecule has 1 heterocycles. The molecule has 1 fully saturated rings. The Morgan fingerprint density at radius 2 is 2.00 bits per heavy atom. The fourth-order valence-corrected chi connectivity index (χ4v) is 3.61. The third-order valence-corrected chi connectivity index (χ3v) is 6.87. The summed E-state index contributed by atoms with van der Waals surface area (Å²) in [4.78, 5) is 9.87. The highest BCUT2D eigenvalue weighted by atomic mass is 35.5. The Hall–Kier alpha value is 0.315. The van der Waals surface area contributed by atoms with Gasteiger partial charge in [-0.1, -0.05) is 13.8 Å². The van der Waals surface area contributed by atoms with E-state index in [-0.39, 0.29) is 12.8 Å². The van der Waals surface area contributed by atoms with Crippen LogP contribution < -0.4 is 0 Å². The first-order valence-electron chi connectivity index (χ1n) is 7.31. The second kappa shape index (κ2) is 7.05. The van der Waals surface area contributed by atoms with Gasteiger partial charge in [0.05, 0.1) is 17.6 Å². The van der Waals surface area contributed by atoms with Crippen LogP contribution in [0.25, 0.3) is 0 Å². The molecule has 0 aromatic rings. The molecule has 1 aliphatic heterocycles. The van der Waals surface area contributed by atoms with Crippen molar-refractivity contribution in [1.29, 1.82) is 0 Å². The normalized spacial score (nSPS) is 37.3. The minimum atomic E-state index is -4.63. The molecular formula is C12H24BClFO6P. The molecule has 10 heteroatoms. The lowest BCUT2D eigenvalue weighted by Crippen LogP contribution is -2.38. The number of halogens is 2. The van der Waals surface area contributed by atoms with E-state index in [4.69, 9.17) is 20.9 Å². The van der Waals surface area contributed by atoms with Crippen molar-refractivity contribution in [3.05, 3.63) is 0 Å². The Labute approximate surface area is 135 Å². The van der Waals surface area contributed by atoms with Gasteiger partial charge in [0.1, 0.15) is 7.85 Å². The highest BCUT2D eigenvalue weighted by Crippen LogP contribution is 2.59. The van der Waals surface area contributed by atoms with Crippen molar-refractivity contribution < 1.29 is 33.3 Å². The molecule has 0 bridgehead atoms. The number of alkyl halides is 2. The second-order valence-electron chi connectivity index (χ2n) is 5.94. The largest absolute Gasteiger partial charge is 0.389 e. The molecule has 0 amide bonds. The van der Waals surface area contributed by atoms with Gasteiger partial charge in [0.25, 0.3) is 0 Å². The topological polar surface area (TPSA) is 96.2 Å². The summed E-state index contributed by atoms with van der Waals surface area (Å²) >= 11 is 5.93. The Balaban J connectivity index is 2.87. The number of rotatable bonds is 7. The van der Waals surface area contributed by atoms with E-state index in [1.54, 1.807) is 7.85 Å². The molecule has 130 valence electrons. The molecule has 7 atom stereocenters. The SMILES string of the molecule is B[C@@H]1O[C@H](CC(F)(CC)OP(=O)(O)[C@@](C)(O)CC)[C@@H](O)[C@H]1Cl. The predicted octanol–water partition coefficient (Wildman–Crippen LogP) is 1.10. The molecular weight excluding hydrogens is 336 g/mol. The van der Waals surface area contributed by atoms with Gasteiger partial charge in [-0.05, 0) is 13.3 Å². The predicted molar refractivity (Wildman–Crippen MR) is 83.4 cm³/mol. The van der Waals surface area contributed by atoms with Gasteiger partial charge in [-0.15, -0.1) is 11.6 Å².